The largest absolute Gasteiger partial charge is 0.310 e. The lowest BCUT2D eigenvalue weighted by Gasteiger charge is -2.27. The Bertz CT molecular complexity index is 3810. The van der Waals surface area contributed by atoms with Gasteiger partial charge in [0.15, 0.2) is 0 Å². The predicted molar refractivity (Wildman–Crippen MR) is 269 cm³/mol. The minimum Gasteiger partial charge on any atom is -0.310 e. The zero-order valence-corrected chi connectivity index (χ0v) is 34.2. The van der Waals surface area contributed by atoms with E-state index < -0.39 is 24.2 Å². The zero-order chi connectivity index (χ0) is 48.9. The highest BCUT2D eigenvalue weighted by molar-refractivity contribution is 6.04. The van der Waals surface area contributed by atoms with E-state index in [2.05, 4.69) is 36.4 Å². The van der Waals surface area contributed by atoms with E-state index in [9.17, 15) is 11.0 Å². The van der Waals surface area contributed by atoms with E-state index >= 15 is 0 Å². The molecule has 0 spiro atoms. The lowest BCUT2D eigenvalue weighted by Crippen LogP contribution is -2.10. The minimum atomic E-state index is -0.459. The molecule has 0 aliphatic rings. The van der Waals surface area contributed by atoms with Crippen molar-refractivity contribution in [3.63, 3.8) is 0 Å². The number of hydrogen-bond acceptors (Lipinski definition) is 1. The average Bonchev–Trinajstić information content (AvgIpc) is 3.42. The summed E-state index contributed by atoms with van der Waals surface area (Å²) in [5.41, 5.74) is 8.82. The van der Waals surface area contributed by atoms with E-state index in [4.69, 9.17) is 0 Å². The molecule has 1 nitrogen and oxygen atoms in total. The molecule has 0 amide bonds. The average molecular weight is 810 g/mol. The number of nitrogens with zero attached hydrogens (tertiary/aromatic N) is 1. The van der Waals surface area contributed by atoms with Gasteiger partial charge in [0.1, 0.15) is 0 Å². The van der Waals surface area contributed by atoms with Crippen LogP contribution in [-0.2, 0) is 0 Å². The van der Waals surface area contributed by atoms with Crippen LogP contribution in [0.1, 0.15) is 11.0 Å². The maximum atomic E-state index is 9.98. The van der Waals surface area contributed by atoms with Crippen LogP contribution in [0.4, 0.5) is 17.1 Å². The number of benzene rings is 11. The van der Waals surface area contributed by atoms with Crippen LogP contribution in [0.5, 0.6) is 0 Å². The fourth-order valence-electron chi connectivity index (χ4n) is 8.60. The standard InChI is InChI=1S/C62H43N/c1-4-16-45(17-5-1)58-40-35-51(43-61(58)47-18-6-2-7-19-47)44-30-36-53(37-31-44)63(55-26-14-25-52(42-55)57-29-15-24-46-20-10-12-27-56(46)57)54-38-32-49(33-39-54)60-41-34-48-21-11-13-28-59(48)62(60)50-22-8-3-9-23-50/h1-43H/i14D,25D,26D,30D,31D,36D,37D,42D. The van der Waals surface area contributed by atoms with Gasteiger partial charge in [0.05, 0.1) is 11.0 Å². The van der Waals surface area contributed by atoms with E-state index in [0.717, 1.165) is 66.1 Å². The van der Waals surface area contributed by atoms with Crippen LogP contribution in [0.25, 0.3) is 88.3 Å². The van der Waals surface area contributed by atoms with E-state index in [0.29, 0.717) is 16.8 Å². The number of fused-ring (bicyclic) bond motifs is 2. The van der Waals surface area contributed by atoms with Crippen LogP contribution in [0.2, 0.25) is 0 Å². The molecule has 0 bridgehead atoms. The summed E-state index contributed by atoms with van der Waals surface area (Å²) in [5, 5.41) is 3.78. The van der Waals surface area contributed by atoms with Gasteiger partial charge in [0.2, 0.25) is 0 Å². The molecule has 11 aromatic carbocycles. The summed E-state index contributed by atoms with van der Waals surface area (Å²) in [6.45, 7) is 0. The first-order valence-electron chi connectivity index (χ1n) is 25.0. The van der Waals surface area contributed by atoms with Gasteiger partial charge in [-0.15, -0.1) is 0 Å². The first-order chi connectivity index (χ1) is 34.6. The Morgan fingerprint density at radius 1 is 0.286 bits per heavy atom. The molecule has 0 saturated heterocycles. The number of anilines is 3. The molecule has 0 aliphatic carbocycles. The molecular formula is C62H43N. The summed E-state index contributed by atoms with van der Waals surface area (Å²) >= 11 is 0. The maximum Gasteiger partial charge on any atom is 0.0651 e. The summed E-state index contributed by atoms with van der Waals surface area (Å²) in [7, 11) is 0. The van der Waals surface area contributed by atoms with Gasteiger partial charge in [-0.05, 0) is 131 Å². The Morgan fingerprint density at radius 2 is 0.841 bits per heavy atom. The van der Waals surface area contributed by atoms with Crippen LogP contribution in [0.3, 0.4) is 0 Å². The van der Waals surface area contributed by atoms with Gasteiger partial charge in [0, 0.05) is 17.1 Å². The highest BCUT2D eigenvalue weighted by atomic mass is 15.1. The van der Waals surface area contributed by atoms with Crippen molar-refractivity contribution in [2.24, 2.45) is 0 Å². The molecule has 0 fully saturated rings. The molecule has 11 rings (SSSR count). The molecule has 0 atom stereocenters. The van der Waals surface area contributed by atoms with Crippen molar-refractivity contribution in [3.05, 3.63) is 261 Å². The van der Waals surface area contributed by atoms with Crippen molar-refractivity contribution < 1.29 is 11.0 Å². The van der Waals surface area contributed by atoms with Crippen LogP contribution in [0, 0.1) is 0 Å². The molecule has 0 aromatic heterocycles. The molecule has 0 unspecified atom stereocenters. The number of hydrogen-bond donors (Lipinski definition) is 0. The third kappa shape index (κ3) is 7.37. The molecule has 0 heterocycles. The van der Waals surface area contributed by atoms with Gasteiger partial charge in [-0.25, -0.2) is 0 Å². The SMILES string of the molecule is [2H]c1c([2H])c(-c2cccc3ccccc23)c([2H])c(N(c2ccc(-c3ccc4ccccc4c3-c3ccccc3)cc2)c2c([2H])c([2H])c(-c3ccc(-c4ccccc4)c(-c4ccccc4)c3)c([2H])c2[2H])c1[2H]. The van der Waals surface area contributed by atoms with Gasteiger partial charge < -0.3 is 4.90 Å². The van der Waals surface area contributed by atoms with E-state index in [1.165, 1.54) is 4.90 Å². The Labute approximate surface area is 380 Å². The Balaban J connectivity index is 1.15. The number of rotatable bonds is 9. The summed E-state index contributed by atoms with van der Waals surface area (Å²) in [4.78, 5) is 1.41. The van der Waals surface area contributed by atoms with Gasteiger partial charge in [-0.2, -0.15) is 0 Å². The summed E-state index contributed by atoms with van der Waals surface area (Å²) in [6, 6.07) is 65.8. The second-order valence-corrected chi connectivity index (χ2v) is 15.4. The topological polar surface area (TPSA) is 3.24 Å². The van der Waals surface area contributed by atoms with Crippen molar-refractivity contribution in [3.8, 4) is 66.8 Å². The quantitative estimate of drug-likeness (QED) is 0.140. The molecule has 0 saturated carbocycles. The molecular weight excluding hydrogens is 759 g/mol. The molecule has 296 valence electrons. The van der Waals surface area contributed by atoms with E-state index in [1.807, 2.05) is 158 Å². The minimum absolute atomic E-state index is 0.0944. The lowest BCUT2D eigenvalue weighted by atomic mass is 9.89. The van der Waals surface area contributed by atoms with Crippen molar-refractivity contribution >= 4 is 38.6 Å². The first kappa shape index (κ1) is 29.9. The van der Waals surface area contributed by atoms with Gasteiger partial charge >= 0.3 is 0 Å². The van der Waals surface area contributed by atoms with Crippen molar-refractivity contribution in [2.45, 2.75) is 0 Å². The third-order valence-electron chi connectivity index (χ3n) is 11.6. The van der Waals surface area contributed by atoms with Crippen molar-refractivity contribution in [2.75, 3.05) is 4.90 Å². The van der Waals surface area contributed by atoms with Crippen LogP contribution in [0.15, 0.2) is 261 Å². The highest BCUT2D eigenvalue weighted by Crippen LogP contribution is 2.43. The fraction of sp³-hybridized carbons (Fsp3) is 0. The van der Waals surface area contributed by atoms with Crippen LogP contribution >= 0.6 is 0 Å². The van der Waals surface area contributed by atoms with Crippen molar-refractivity contribution in [1.82, 2.24) is 0 Å². The third-order valence-corrected chi connectivity index (χ3v) is 11.6. The second kappa shape index (κ2) is 16.7. The molecule has 0 aliphatic heterocycles. The maximum absolute atomic E-state index is 9.98. The van der Waals surface area contributed by atoms with Gasteiger partial charge in [0.25, 0.3) is 0 Å². The lowest BCUT2D eigenvalue weighted by molar-refractivity contribution is 1.28. The summed E-state index contributed by atoms with van der Waals surface area (Å²) in [5.74, 6) is 0. The molecule has 0 N–H and O–H groups in total. The Kier molecular flexibility index (Phi) is 7.90. The highest BCUT2D eigenvalue weighted by Gasteiger charge is 2.18. The van der Waals surface area contributed by atoms with Gasteiger partial charge in [-0.3, -0.25) is 0 Å². The Hall–Kier alpha value is -8.26. The molecule has 11 aromatic rings. The van der Waals surface area contributed by atoms with Crippen LogP contribution < -0.4 is 4.90 Å². The smallest absolute Gasteiger partial charge is 0.0651 e. The summed E-state index contributed by atoms with van der Waals surface area (Å²) in [6.07, 6.45) is 0. The molecule has 0 radical (unpaired) electrons. The second-order valence-electron chi connectivity index (χ2n) is 15.4. The summed E-state index contributed by atoms with van der Waals surface area (Å²) < 4.78 is 77.2. The van der Waals surface area contributed by atoms with Gasteiger partial charge in [-0.1, -0.05) is 218 Å². The van der Waals surface area contributed by atoms with Crippen LogP contribution in [-0.4, -0.2) is 0 Å². The van der Waals surface area contributed by atoms with E-state index in [1.54, 1.807) is 18.2 Å². The van der Waals surface area contributed by atoms with E-state index in [-0.39, 0.29) is 46.7 Å². The normalized spacial score (nSPS) is 13.0. The molecule has 1 heteroatoms. The monoisotopic (exact) mass is 809 g/mol. The predicted octanol–water partition coefficient (Wildman–Crippen LogP) is 17.5. The van der Waals surface area contributed by atoms with Crippen molar-refractivity contribution in [1.29, 1.82) is 0 Å². The zero-order valence-electron chi connectivity index (χ0n) is 42.2. The fourth-order valence-corrected chi connectivity index (χ4v) is 8.60. The Morgan fingerprint density at radius 3 is 1.56 bits per heavy atom. The first-order valence-corrected chi connectivity index (χ1v) is 21.0. The molecule has 63 heavy (non-hydrogen) atoms.